The van der Waals surface area contributed by atoms with E-state index < -0.39 is 11.7 Å². The molecular formula is C14H19ClN4O2. The van der Waals surface area contributed by atoms with Crippen molar-refractivity contribution < 1.29 is 9.53 Å². The highest BCUT2D eigenvalue weighted by molar-refractivity contribution is 6.32. The van der Waals surface area contributed by atoms with Crippen LogP contribution in [0.1, 0.15) is 33.2 Å². The minimum absolute atomic E-state index is 0.00767. The highest BCUT2D eigenvalue weighted by Crippen LogP contribution is 2.27. The van der Waals surface area contributed by atoms with Crippen LogP contribution in [0, 0.1) is 0 Å². The molecule has 0 bridgehead atoms. The second kappa shape index (κ2) is 5.89. The molecule has 2 heterocycles. The largest absolute Gasteiger partial charge is 0.443 e. The molecule has 114 valence electrons. The van der Waals surface area contributed by atoms with Crippen LogP contribution in [0.2, 0.25) is 5.15 Å². The van der Waals surface area contributed by atoms with Gasteiger partial charge in [0.25, 0.3) is 0 Å². The van der Waals surface area contributed by atoms with Gasteiger partial charge in [-0.1, -0.05) is 17.7 Å². The van der Waals surface area contributed by atoms with Crippen LogP contribution in [0.15, 0.2) is 23.5 Å². The summed E-state index contributed by atoms with van der Waals surface area (Å²) in [5.41, 5.74) is -0.0527. The van der Waals surface area contributed by atoms with Gasteiger partial charge >= 0.3 is 6.09 Å². The summed E-state index contributed by atoms with van der Waals surface area (Å²) in [6.45, 7) is 5.44. The van der Waals surface area contributed by atoms with Crippen LogP contribution < -0.4 is 4.90 Å². The fourth-order valence-corrected chi connectivity index (χ4v) is 2.09. The molecule has 0 radical (unpaired) electrons. The number of allylic oxidation sites excluding steroid dienone is 1. The highest BCUT2D eigenvalue weighted by atomic mass is 35.5. The van der Waals surface area contributed by atoms with Gasteiger partial charge in [0.05, 0.1) is 12.2 Å². The average Bonchev–Trinajstić information content (AvgIpc) is 2.79. The number of hydrogen-bond donors (Lipinski definition) is 0. The minimum Gasteiger partial charge on any atom is -0.443 e. The van der Waals surface area contributed by atoms with Gasteiger partial charge in [0.1, 0.15) is 11.3 Å². The van der Waals surface area contributed by atoms with E-state index in [4.69, 9.17) is 16.3 Å². The van der Waals surface area contributed by atoms with Crippen molar-refractivity contribution in [2.45, 2.75) is 38.8 Å². The second-order valence-corrected chi connectivity index (χ2v) is 6.17. The molecule has 0 fully saturated rings. The Hall–Kier alpha value is -1.82. The van der Waals surface area contributed by atoms with Crippen LogP contribution >= 0.6 is 11.6 Å². The smallest absolute Gasteiger partial charge is 0.414 e. The first kappa shape index (κ1) is 15.6. The Kier molecular flexibility index (Phi) is 4.37. The van der Waals surface area contributed by atoms with Crippen molar-refractivity contribution in [1.82, 2.24) is 9.78 Å². The number of ether oxygens (including phenoxy) is 1. The number of amides is 1. The topological polar surface area (TPSA) is 59.7 Å². The van der Waals surface area contributed by atoms with Crippen LogP contribution in [0.5, 0.6) is 0 Å². The summed E-state index contributed by atoms with van der Waals surface area (Å²) in [7, 11) is 1.61. The minimum atomic E-state index is -0.561. The third-order valence-electron chi connectivity index (χ3n) is 2.86. The quantitative estimate of drug-likeness (QED) is 0.840. The maximum atomic E-state index is 12.1. The summed E-state index contributed by atoms with van der Waals surface area (Å²) in [5, 5.41) is 4.50. The normalized spacial score (nSPS) is 17.9. The van der Waals surface area contributed by atoms with Crippen molar-refractivity contribution in [3.63, 3.8) is 0 Å². The zero-order valence-electron chi connectivity index (χ0n) is 12.6. The third-order valence-corrected chi connectivity index (χ3v) is 3.13. The van der Waals surface area contributed by atoms with Gasteiger partial charge < -0.3 is 4.74 Å². The molecule has 1 atom stereocenters. The summed E-state index contributed by atoms with van der Waals surface area (Å²) in [6.07, 6.45) is 7.54. The van der Waals surface area contributed by atoms with Gasteiger partial charge in [-0.3, -0.25) is 14.6 Å². The van der Waals surface area contributed by atoms with Crippen LogP contribution in [-0.4, -0.2) is 34.7 Å². The summed E-state index contributed by atoms with van der Waals surface area (Å²) in [5.74, 6) is 0. The maximum Gasteiger partial charge on any atom is 0.414 e. The molecule has 21 heavy (non-hydrogen) atoms. The standard InChI is InChI=1S/C14H19ClN4O2/c1-14(2,3)21-13(20)18(4)11-9-19(17-12(11)15)10-6-5-7-16-8-10/h5,7-10H,6H2,1-4H3. The summed E-state index contributed by atoms with van der Waals surface area (Å²) >= 11 is 6.13. The lowest BCUT2D eigenvalue weighted by Crippen LogP contribution is -2.34. The van der Waals surface area contributed by atoms with Gasteiger partial charge in [-0.2, -0.15) is 5.10 Å². The van der Waals surface area contributed by atoms with Crippen molar-refractivity contribution >= 4 is 29.6 Å². The molecule has 7 heteroatoms. The first-order valence-electron chi connectivity index (χ1n) is 6.67. The SMILES string of the molecule is CN(C(=O)OC(C)(C)C)c1cn(C2C=NC=CC2)nc1Cl. The van der Waals surface area contributed by atoms with Gasteiger partial charge in [-0.25, -0.2) is 4.79 Å². The molecule has 1 unspecified atom stereocenters. The Labute approximate surface area is 129 Å². The summed E-state index contributed by atoms with van der Waals surface area (Å²) in [6, 6.07) is 0.00767. The Morgan fingerprint density at radius 3 is 2.81 bits per heavy atom. The van der Waals surface area contributed by atoms with Crippen molar-refractivity contribution in [1.29, 1.82) is 0 Å². The number of rotatable bonds is 2. The third kappa shape index (κ3) is 3.85. The number of aliphatic imine (C=N–C) groups is 1. The molecule has 1 aliphatic heterocycles. The van der Waals surface area contributed by atoms with Crippen LogP contribution in [0.3, 0.4) is 0 Å². The lowest BCUT2D eigenvalue weighted by Gasteiger charge is -2.24. The van der Waals surface area contributed by atoms with E-state index in [9.17, 15) is 4.79 Å². The zero-order valence-corrected chi connectivity index (χ0v) is 13.3. The van der Waals surface area contributed by atoms with Crippen LogP contribution in [0.4, 0.5) is 10.5 Å². The van der Waals surface area contributed by atoms with E-state index in [0.717, 1.165) is 6.42 Å². The Morgan fingerprint density at radius 2 is 2.24 bits per heavy atom. The number of halogens is 1. The van der Waals surface area contributed by atoms with Crippen LogP contribution in [0.25, 0.3) is 0 Å². The molecule has 1 aromatic heterocycles. The van der Waals surface area contributed by atoms with E-state index in [0.29, 0.717) is 5.69 Å². The van der Waals surface area contributed by atoms with Gasteiger partial charge in [-0.05, 0) is 27.2 Å². The van der Waals surface area contributed by atoms with Crippen molar-refractivity contribution in [2.75, 3.05) is 11.9 Å². The predicted molar refractivity (Wildman–Crippen MR) is 83.2 cm³/mol. The molecule has 2 rings (SSSR count). The van der Waals surface area contributed by atoms with E-state index in [-0.39, 0.29) is 11.2 Å². The number of aromatic nitrogens is 2. The fraction of sp³-hybridized carbons (Fsp3) is 0.500. The summed E-state index contributed by atoms with van der Waals surface area (Å²) < 4.78 is 7.02. The van der Waals surface area contributed by atoms with Crippen molar-refractivity contribution in [2.24, 2.45) is 4.99 Å². The van der Waals surface area contributed by atoms with E-state index in [1.165, 1.54) is 4.90 Å². The molecule has 1 aliphatic rings. The van der Waals surface area contributed by atoms with Gasteiger partial charge in [0.2, 0.25) is 0 Å². The molecule has 1 amide bonds. The molecule has 6 nitrogen and oxygen atoms in total. The monoisotopic (exact) mass is 310 g/mol. The lowest BCUT2D eigenvalue weighted by atomic mass is 10.2. The number of nitrogens with zero attached hydrogens (tertiary/aromatic N) is 4. The first-order chi connectivity index (χ1) is 9.78. The molecule has 0 saturated heterocycles. The molecule has 1 aromatic rings. The van der Waals surface area contributed by atoms with E-state index >= 15 is 0 Å². The molecule has 0 spiro atoms. The molecular weight excluding hydrogens is 292 g/mol. The van der Waals surface area contributed by atoms with E-state index in [2.05, 4.69) is 10.1 Å². The molecule has 0 N–H and O–H groups in total. The van der Waals surface area contributed by atoms with Crippen molar-refractivity contribution in [3.8, 4) is 0 Å². The lowest BCUT2D eigenvalue weighted by molar-refractivity contribution is 0.0589. The van der Waals surface area contributed by atoms with Gasteiger partial charge in [0.15, 0.2) is 5.15 Å². The first-order valence-corrected chi connectivity index (χ1v) is 7.05. The van der Waals surface area contributed by atoms with E-state index in [1.807, 2.05) is 26.8 Å². The maximum absolute atomic E-state index is 12.1. The van der Waals surface area contributed by atoms with Gasteiger partial charge in [-0.15, -0.1) is 0 Å². The Morgan fingerprint density at radius 1 is 1.52 bits per heavy atom. The fourth-order valence-electron chi connectivity index (χ4n) is 1.83. The van der Waals surface area contributed by atoms with Crippen LogP contribution in [-0.2, 0) is 4.74 Å². The molecule has 0 aliphatic carbocycles. The Bertz CT molecular complexity index is 586. The Balaban J connectivity index is 2.16. The molecule has 0 saturated carbocycles. The predicted octanol–water partition coefficient (Wildman–Crippen LogP) is 3.44. The summed E-state index contributed by atoms with van der Waals surface area (Å²) in [4.78, 5) is 17.5. The molecule has 0 aromatic carbocycles. The van der Waals surface area contributed by atoms with Crippen molar-refractivity contribution in [3.05, 3.63) is 23.6 Å². The highest BCUT2D eigenvalue weighted by Gasteiger charge is 2.24. The average molecular weight is 311 g/mol. The zero-order chi connectivity index (χ0) is 15.6. The van der Waals surface area contributed by atoms with E-state index in [1.54, 1.807) is 30.3 Å². The second-order valence-electron chi connectivity index (χ2n) is 5.81. The van der Waals surface area contributed by atoms with Gasteiger partial charge in [0, 0.05) is 19.5 Å². The number of anilines is 1. The number of carbonyl (C=O) groups excluding carboxylic acids is 1. The number of hydrogen-bond acceptors (Lipinski definition) is 4. The number of carbonyl (C=O) groups is 1.